The van der Waals surface area contributed by atoms with Gasteiger partial charge < -0.3 is 10.1 Å². The van der Waals surface area contributed by atoms with Crippen LogP contribution in [0.1, 0.15) is 11.1 Å². The van der Waals surface area contributed by atoms with E-state index in [1.165, 1.54) is 24.3 Å². The van der Waals surface area contributed by atoms with Crippen molar-refractivity contribution in [3.63, 3.8) is 0 Å². The minimum absolute atomic E-state index is 0.0533. The van der Waals surface area contributed by atoms with Crippen LogP contribution in [0.3, 0.4) is 0 Å². The molecule has 8 heteroatoms. The molecule has 3 rings (SSSR count). The van der Waals surface area contributed by atoms with Crippen molar-refractivity contribution in [1.29, 1.82) is 0 Å². The maximum Gasteiger partial charge on any atom is 0.235 e. The lowest BCUT2D eigenvalue weighted by atomic mass is 10.2. The lowest BCUT2D eigenvalue weighted by Crippen LogP contribution is -2.29. The molecule has 29 heavy (non-hydrogen) atoms. The van der Waals surface area contributed by atoms with Crippen molar-refractivity contribution in [3.05, 3.63) is 89.1 Å². The predicted octanol–water partition coefficient (Wildman–Crippen LogP) is 3.40. The Hall–Kier alpha value is -2.90. The average molecular weight is 431 g/mol. The number of carbonyl (C=O) groups excluding carboxylic acids is 1. The standard InChI is InChI=1S/C21H19ClN2O4S/c22-18-6-8-19(9-7-18)29(26,27)15-20(25)24-13-17-10-11-23-21(12-17)28-14-16-4-2-1-3-5-16/h1-12H,13-15H2,(H,24,25). The molecule has 0 aliphatic heterocycles. The Kier molecular flexibility index (Phi) is 6.85. The summed E-state index contributed by atoms with van der Waals surface area (Å²) in [5, 5.41) is 3.04. The van der Waals surface area contributed by atoms with Crippen molar-refractivity contribution in [1.82, 2.24) is 10.3 Å². The number of hydrogen-bond acceptors (Lipinski definition) is 5. The quantitative estimate of drug-likeness (QED) is 0.592. The number of aromatic nitrogens is 1. The van der Waals surface area contributed by atoms with Crippen LogP contribution in [0.2, 0.25) is 5.02 Å². The van der Waals surface area contributed by atoms with E-state index in [2.05, 4.69) is 10.3 Å². The van der Waals surface area contributed by atoms with E-state index in [-0.39, 0.29) is 11.4 Å². The van der Waals surface area contributed by atoms with Gasteiger partial charge >= 0.3 is 0 Å². The summed E-state index contributed by atoms with van der Waals surface area (Å²) in [7, 11) is -3.74. The molecule has 1 N–H and O–H groups in total. The summed E-state index contributed by atoms with van der Waals surface area (Å²) in [6.07, 6.45) is 1.58. The fraction of sp³-hybridized carbons (Fsp3) is 0.143. The monoisotopic (exact) mass is 430 g/mol. The van der Waals surface area contributed by atoms with E-state index in [0.717, 1.165) is 11.1 Å². The van der Waals surface area contributed by atoms with Crippen LogP contribution < -0.4 is 10.1 Å². The van der Waals surface area contributed by atoms with Crippen molar-refractivity contribution in [3.8, 4) is 5.88 Å². The van der Waals surface area contributed by atoms with Crippen LogP contribution in [-0.4, -0.2) is 25.1 Å². The Bertz CT molecular complexity index is 1070. The van der Waals surface area contributed by atoms with Crippen molar-refractivity contribution >= 4 is 27.3 Å². The second-order valence-electron chi connectivity index (χ2n) is 6.27. The summed E-state index contributed by atoms with van der Waals surface area (Å²) >= 11 is 5.77. The van der Waals surface area contributed by atoms with Crippen molar-refractivity contribution in [2.75, 3.05) is 5.75 Å². The number of carbonyl (C=O) groups is 1. The van der Waals surface area contributed by atoms with Crippen LogP contribution in [0.15, 0.2) is 77.8 Å². The smallest absolute Gasteiger partial charge is 0.235 e. The number of hydrogen-bond donors (Lipinski definition) is 1. The second kappa shape index (κ2) is 9.54. The summed E-state index contributed by atoms with van der Waals surface area (Å²) in [4.78, 5) is 16.3. The Morgan fingerprint density at radius 1 is 1.00 bits per heavy atom. The first-order valence-corrected chi connectivity index (χ1v) is 10.8. The van der Waals surface area contributed by atoms with Crippen LogP contribution >= 0.6 is 11.6 Å². The van der Waals surface area contributed by atoms with Crippen molar-refractivity contribution < 1.29 is 17.9 Å². The van der Waals surface area contributed by atoms with Gasteiger partial charge in [0.1, 0.15) is 12.4 Å². The van der Waals surface area contributed by atoms with Crippen molar-refractivity contribution in [2.24, 2.45) is 0 Å². The van der Waals surface area contributed by atoms with E-state index in [1.807, 2.05) is 30.3 Å². The molecule has 0 radical (unpaired) electrons. The lowest BCUT2D eigenvalue weighted by molar-refractivity contribution is -0.118. The molecule has 0 saturated carbocycles. The Labute approximate surface area is 174 Å². The van der Waals surface area contributed by atoms with Gasteiger partial charge in [-0.25, -0.2) is 13.4 Å². The Morgan fingerprint density at radius 2 is 1.72 bits per heavy atom. The van der Waals surface area contributed by atoms with Crippen LogP contribution in [0, 0.1) is 0 Å². The van der Waals surface area contributed by atoms with Gasteiger partial charge in [-0.3, -0.25) is 4.79 Å². The van der Waals surface area contributed by atoms with Gasteiger partial charge in [-0.15, -0.1) is 0 Å². The maximum atomic E-state index is 12.3. The third-order valence-electron chi connectivity index (χ3n) is 4.01. The summed E-state index contributed by atoms with van der Waals surface area (Å²) in [5.74, 6) is -0.810. The van der Waals surface area contributed by atoms with Crippen LogP contribution in [0.5, 0.6) is 5.88 Å². The van der Waals surface area contributed by atoms with Gasteiger partial charge in [0, 0.05) is 23.8 Å². The fourth-order valence-electron chi connectivity index (χ4n) is 2.52. The number of amides is 1. The first-order valence-electron chi connectivity index (χ1n) is 8.79. The summed E-state index contributed by atoms with van der Waals surface area (Å²) in [6.45, 7) is 0.544. The number of nitrogens with zero attached hydrogens (tertiary/aromatic N) is 1. The number of sulfone groups is 1. The van der Waals surface area contributed by atoms with E-state index in [9.17, 15) is 13.2 Å². The SMILES string of the molecule is O=C(CS(=O)(=O)c1ccc(Cl)cc1)NCc1ccnc(OCc2ccccc2)c1. The van der Waals surface area contributed by atoms with E-state index < -0.39 is 21.5 Å². The molecule has 1 amide bonds. The number of nitrogens with one attached hydrogen (secondary N) is 1. The maximum absolute atomic E-state index is 12.3. The van der Waals surface area contributed by atoms with E-state index in [1.54, 1.807) is 18.3 Å². The van der Waals surface area contributed by atoms with Gasteiger partial charge in [-0.2, -0.15) is 0 Å². The first-order chi connectivity index (χ1) is 13.9. The fourth-order valence-corrected chi connectivity index (χ4v) is 3.81. The zero-order valence-electron chi connectivity index (χ0n) is 15.4. The normalized spacial score (nSPS) is 11.1. The average Bonchev–Trinajstić information content (AvgIpc) is 2.72. The van der Waals surface area contributed by atoms with Crippen molar-refractivity contribution in [2.45, 2.75) is 18.0 Å². The minimum atomic E-state index is -3.74. The number of benzene rings is 2. The van der Waals surface area contributed by atoms with Crippen LogP contribution in [0.25, 0.3) is 0 Å². The highest BCUT2D eigenvalue weighted by atomic mass is 35.5. The van der Waals surface area contributed by atoms with Gasteiger partial charge in [0.2, 0.25) is 11.8 Å². The molecule has 0 unspecified atom stereocenters. The van der Waals surface area contributed by atoms with Crippen LogP contribution in [0.4, 0.5) is 0 Å². The molecule has 6 nitrogen and oxygen atoms in total. The molecular formula is C21H19ClN2O4S. The van der Waals surface area contributed by atoms with E-state index in [0.29, 0.717) is 17.5 Å². The summed E-state index contributed by atoms with van der Waals surface area (Å²) < 4.78 is 30.3. The zero-order chi connectivity index (χ0) is 20.7. The topological polar surface area (TPSA) is 85.4 Å². The summed E-state index contributed by atoms with van der Waals surface area (Å²) in [5.41, 5.74) is 1.76. The second-order valence-corrected chi connectivity index (χ2v) is 8.69. The predicted molar refractivity (Wildman–Crippen MR) is 110 cm³/mol. The molecular weight excluding hydrogens is 412 g/mol. The lowest BCUT2D eigenvalue weighted by Gasteiger charge is -2.09. The molecule has 1 heterocycles. The molecule has 2 aromatic carbocycles. The van der Waals surface area contributed by atoms with Gasteiger partial charge in [0.15, 0.2) is 9.84 Å². The molecule has 1 aromatic heterocycles. The molecule has 150 valence electrons. The highest BCUT2D eigenvalue weighted by Crippen LogP contribution is 2.16. The van der Waals surface area contributed by atoms with Gasteiger partial charge in [-0.05, 0) is 41.5 Å². The largest absolute Gasteiger partial charge is 0.473 e. The van der Waals surface area contributed by atoms with Gasteiger partial charge in [0.05, 0.1) is 4.90 Å². The van der Waals surface area contributed by atoms with Gasteiger partial charge in [-0.1, -0.05) is 41.9 Å². The molecule has 0 spiro atoms. The molecule has 3 aromatic rings. The zero-order valence-corrected chi connectivity index (χ0v) is 17.0. The molecule has 0 saturated heterocycles. The van der Waals surface area contributed by atoms with E-state index in [4.69, 9.17) is 16.3 Å². The number of halogens is 1. The van der Waals surface area contributed by atoms with Gasteiger partial charge in [0.25, 0.3) is 0 Å². The highest BCUT2D eigenvalue weighted by molar-refractivity contribution is 7.92. The summed E-state index contributed by atoms with van der Waals surface area (Å²) in [6, 6.07) is 18.8. The Morgan fingerprint density at radius 3 is 2.45 bits per heavy atom. The number of ether oxygens (including phenoxy) is 1. The number of pyridine rings is 1. The third kappa shape index (κ3) is 6.30. The van der Waals surface area contributed by atoms with Crippen LogP contribution in [-0.2, 0) is 27.8 Å². The third-order valence-corrected chi connectivity index (χ3v) is 5.90. The molecule has 0 aliphatic rings. The molecule has 0 atom stereocenters. The minimum Gasteiger partial charge on any atom is -0.473 e. The molecule has 0 aliphatic carbocycles. The highest BCUT2D eigenvalue weighted by Gasteiger charge is 2.19. The molecule has 0 fully saturated rings. The molecule has 0 bridgehead atoms. The van der Waals surface area contributed by atoms with E-state index >= 15 is 0 Å². The Balaban J connectivity index is 1.54. The first kappa shape index (κ1) is 20.8. The number of rotatable bonds is 8.